The zero-order valence-electron chi connectivity index (χ0n) is 18.8. The highest BCUT2D eigenvalue weighted by atomic mass is 19.1. The lowest BCUT2D eigenvalue weighted by molar-refractivity contribution is 0.00647. The molecule has 34 heavy (non-hydrogen) atoms. The number of carbonyl (C=O) groups excluding carboxylic acids is 1. The summed E-state index contributed by atoms with van der Waals surface area (Å²) in [6, 6.07) is 6.56. The van der Waals surface area contributed by atoms with Crippen LogP contribution in [0.15, 0.2) is 24.4 Å². The number of rotatable bonds is 8. The van der Waals surface area contributed by atoms with Crippen LogP contribution in [0.2, 0.25) is 0 Å². The largest absolute Gasteiger partial charge is 0.453 e. The number of methoxy groups -OCH3 is 1. The van der Waals surface area contributed by atoms with E-state index in [1.165, 1.54) is 17.9 Å². The number of aromatic nitrogens is 2. The minimum Gasteiger partial charge on any atom is -0.453 e. The Morgan fingerprint density at radius 1 is 1.47 bits per heavy atom. The van der Waals surface area contributed by atoms with E-state index in [9.17, 15) is 14.4 Å². The lowest BCUT2D eigenvalue weighted by Crippen LogP contribution is -2.54. The van der Waals surface area contributed by atoms with Crippen LogP contribution in [0.1, 0.15) is 29.5 Å². The molecule has 1 aliphatic heterocycles. The molecule has 180 valence electrons. The fourth-order valence-corrected chi connectivity index (χ4v) is 3.99. The van der Waals surface area contributed by atoms with Crippen LogP contribution in [0.5, 0.6) is 0 Å². The minimum absolute atomic E-state index is 0.0223. The van der Waals surface area contributed by atoms with Gasteiger partial charge < -0.3 is 15.2 Å². The van der Waals surface area contributed by atoms with E-state index in [1.807, 2.05) is 0 Å². The third-order valence-corrected chi connectivity index (χ3v) is 5.89. The van der Waals surface area contributed by atoms with E-state index < -0.39 is 23.6 Å². The number of nitrogens with zero attached hydrogens (tertiary/aromatic N) is 4. The van der Waals surface area contributed by atoms with Crippen LogP contribution in [0, 0.1) is 29.5 Å². The molecule has 1 saturated heterocycles. The van der Waals surface area contributed by atoms with Crippen molar-refractivity contribution in [3.8, 4) is 18.4 Å². The Bertz CT molecular complexity index is 1110. The molecule has 1 amide bonds. The van der Waals surface area contributed by atoms with Gasteiger partial charge in [0, 0.05) is 42.5 Å². The van der Waals surface area contributed by atoms with Gasteiger partial charge in [-0.25, -0.2) is 13.6 Å². The van der Waals surface area contributed by atoms with E-state index in [4.69, 9.17) is 16.9 Å². The van der Waals surface area contributed by atoms with Crippen molar-refractivity contribution in [3.05, 3.63) is 46.9 Å². The van der Waals surface area contributed by atoms with Crippen LogP contribution >= 0.6 is 0 Å². The molecule has 2 heterocycles. The monoisotopic (exact) mass is 472 g/mol. The van der Waals surface area contributed by atoms with E-state index in [-0.39, 0.29) is 45.1 Å². The second kappa shape index (κ2) is 11.1. The molecule has 1 aromatic heterocycles. The SMILES string of the molecule is C#Cc1ccc(CN2CCC(CC#N)(n3cc(COCN)c(NC(=O)OC)n3)C(F)C2)c(F)c1. The van der Waals surface area contributed by atoms with Crippen molar-refractivity contribution in [3.63, 3.8) is 0 Å². The van der Waals surface area contributed by atoms with Gasteiger partial charge in [0.15, 0.2) is 5.82 Å². The van der Waals surface area contributed by atoms with Gasteiger partial charge in [0.1, 0.15) is 17.5 Å². The maximum absolute atomic E-state index is 15.7. The van der Waals surface area contributed by atoms with Crippen molar-refractivity contribution >= 4 is 11.9 Å². The second-order valence-electron chi connectivity index (χ2n) is 7.92. The predicted molar refractivity (Wildman–Crippen MR) is 119 cm³/mol. The number of ether oxygens (including phenoxy) is 2. The third-order valence-electron chi connectivity index (χ3n) is 5.89. The van der Waals surface area contributed by atoms with Gasteiger partial charge in [-0.15, -0.1) is 6.42 Å². The van der Waals surface area contributed by atoms with Crippen LogP contribution < -0.4 is 11.1 Å². The summed E-state index contributed by atoms with van der Waals surface area (Å²) in [5.74, 6) is 2.06. The normalized spacial score (nSPS) is 20.4. The number of nitrogens with one attached hydrogen (secondary N) is 1. The Labute approximate surface area is 196 Å². The first-order chi connectivity index (χ1) is 16.4. The van der Waals surface area contributed by atoms with Crippen molar-refractivity contribution in [1.29, 1.82) is 5.26 Å². The number of nitrogens with two attached hydrogens (primary N) is 1. The molecule has 0 aliphatic carbocycles. The van der Waals surface area contributed by atoms with Crippen LogP contribution in [-0.2, 0) is 28.2 Å². The zero-order valence-corrected chi connectivity index (χ0v) is 18.8. The number of halogens is 2. The number of hydrogen-bond donors (Lipinski definition) is 2. The molecule has 1 aromatic carbocycles. The Morgan fingerprint density at radius 2 is 2.26 bits per heavy atom. The zero-order chi connectivity index (χ0) is 24.7. The number of amides is 1. The highest BCUT2D eigenvalue weighted by Gasteiger charge is 2.46. The number of piperidine rings is 1. The van der Waals surface area contributed by atoms with Crippen LogP contribution in [-0.4, -0.2) is 53.9 Å². The summed E-state index contributed by atoms with van der Waals surface area (Å²) in [7, 11) is 1.20. The highest BCUT2D eigenvalue weighted by molar-refractivity contribution is 5.84. The van der Waals surface area contributed by atoms with Gasteiger partial charge in [0.2, 0.25) is 0 Å². The number of carbonyl (C=O) groups is 1. The fraction of sp³-hybridized carbons (Fsp3) is 0.435. The first-order valence-electron chi connectivity index (χ1n) is 10.6. The molecule has 1 fully saturated rings. The highest BCUT2D eigenvalue weighted by Crippen LogP contribution is 2.37. The standard InChI is InChI=1S/C23H26F2N6O3/c1-3-16-4-5-17(19(24)10-16)11-30-9-7-23(6-8-26,20(25)13-30)31-12-18(14-34-15-27)21(29-31)28-22(32)33-2/h1,4-5,10,12,20H,6-7,9,11,13-15,27H2,2H3,(H,28,29,32). The Kier molecular flexibility index (Phi) is 8.18. The molecule has 1 aliphatic rings. The van der Waals surface area contributed by atoms with E-state index in [2.05, 4.69) is 27.1 Å². The van der Waals surface area contributed by atoms with Crippen LogP contribution in [0.25, 0.3) is 0 Å². The van der Waals surface area contributed by atoms with Crippen molar-refractivity contribution in [2.75, 3.05) is 32.2 Å². The Morgan fingerprint density at radius 3 is 2.88 bits per heavy atom. The quantitative estimate of drug-likeness (QED) is 0.448. The summed E-state index contributed by atoms with van der Waals surface area (Å²) in [5.41, 5.74) is 5.42. The number of alkyl halides is 1. The van der Waals surface area contributed by atoms with Crippen molar-refractivity contribution in [2.45, 2.75) is 37.7 Å². The number of nitriles is 1. The van der Waals surface area contributed by atoms with E-state index in [1.54, 1.807) is 23.2 Å². The van der Waals surface area contributed by atoms with Crippen molar-refractivity contribution < 1.29 is 23.0 Å². The summed E-state index contributed by atoms with van der Waals surface area (Å²) in [4.78, 5) is 13.5. The van der Waals surface area contributed by atoms with E-state index in [0.29, 0.717) is 23.2 Å². The van der Waals surface area contributed by atoms with Gasteiger partial charge in [-0.2, -0.15) is 10.4 Å². The Balaban J connectivity index is 1.84. The Hall–Kier alpha value is -3.51. The predicted octanol–water partition coefficient (Wildman–Crippen LogP) is 2.47. The van der Waals surface area contributed by atoms with Crippen molar-refractivity contribution in [1.82, 2.24) is 14.7 Å². The first-order valence-corrected chi connectivity index (χ1v) is 10.6. The van der Waals surface area contributed by atoms with Gasteiger partial charge in [-0.05, 0) is 18.6 Å². The van der Waals surface area contributed by atoms with Gasteiger partial charge in [-0.3, -0.25) is 14.9 Å². The average Bonchev–Trinajstić information content (AvgIpc) is 3.23. The molecule has 3 rings (SSSR count). The van der Waals surface area contributed by atoms with Crippen molar-refractivity contribution in [2.24, 2.45) is 5.73 Å². The van der Waals surface area contributed by atoms with Crippen LogP contribution in [0.4, 0.5) is 19.4 Å². The number of anilines is 1. The lowest BCUT2D eigenvalue weighted by Gasteiger charge is -2.43. The summed E-state index contributed by atoms with van der Waals surface area (Å²) in [6.07, 6.45) is 4.68. The molecular formula is C23H26F2N6O3. The molecule has 9 nitrogen and oxygen atoms in total. The van der Waals surface area contributed by atoms with E-state index >= 15 is 4.39 Å². The lowest BCUT2D eigenvalue weighted by atomic mass is 9.83. The molecule has 0 bridgehead atoms. The maximum Gasteiger partial charge on any atom is 0.412 e. The maximum atomic E-state index is 15.7. The minimum atomic E-state index is -1.50. The summed E-state index contributed by atoms with van der Waals surface area (Å²) in [5, 5.41) is 16.3. The molecule has 0 spiro atoms. The first kappa shape index (κ1) is 25.1. The molecule has 11 heteroatoms. The second-order valence-corrected chi connectivity index (χ2v) is 7.92. The fourth-order valence-electron chi connectivity index (χ4n) is 3.99. The number of hydrogen-bond acceptors (Lipinski definition) is 7. The molecule has 2 atom stereocenters. The van der Waals surface area contributed by atoms with Crippen LogP contribution in [0.3, 0.4) is 0 Å². The van der Waals surface area contributed by atoms with Gasteiger partial charge >= 0.3 is 6.09 Å². The molecule has 0 saturated carbocycles. The number of likely N-dealkylation sites (tertiary alicyclic amines) is 1. The van der Waals surface area contributed by atoms with Gasteiger partial charge in [-0.1, -0.05) is 12.0 Å². The number of terminal acetylenes is 1. The topological polar surface area (TPSA) is 118 Å². The summed E-state index contributed by atoms with van der Waals surface area (Å²) < 4.78 is 41.3. The summed E-state index contributed by atoms with van der Waals surface area (Å²) >= 11 is 0. The smallest absolute Gasteiger partial charge is 0.412 e. The molecule has 0 radical (unpaired) electrons. The average molecular weight is 472 g/mol. The van der Waals surface area contributed by atoms with E-state index in [0.717, 1.165) is 0 Å². The molecule has 2 unspecified atom stereocenters. The molecular weight excluding hydrogens is 446 g/mol. The summed E-state index contributed by atoms with van der Waals surface area (Å²) in [6.45, 7) is 0.517. The van der Waals surface area contributed by atoms with Gasteiger partial charge in [0.25, 0.3) is 0 Å². The van der Waals surface area contributed by atoms with Gasteiger partial charge in [0.05, 0.1) is 32.9 Å². The molecule has 2 aromatic rings. The number of benzene rings is 1. The third kappa shape index (κ3) is 5.34. The molecule has 3 N–H and O–H groups in total.